The third kappa shape index (κ3) is 3.27. The molecule has 7 heteroatoms. The lowest BCUT2D eigenvalue weighted by molar-refractivity contribution is -0.384. The van der Waals surface area contributed by atoms with Gasteiger partial charge in [0.05, 0.1) is 17.6 Å². The van der Waals surface area contributed by atoms with Gasteiger partial charge >= 0.3 is 5.97 Å². The van der Waals surface area contributed by atoms with Crippen LogP contribution >= 0.6 is 0 Å². The average molecular weight is 289 g/mol. The Kier molecular flexibility index (Phi) is 4.03. The summed E-state index contributed by atoms with van der Waals surface area (Å²) < 4.78 is 10.6. The Labute approximate surface area is 119 Å². The number of carboxylic acids is 1. The minimum absolute atomic E-state index is 0.0458. The van der Waals surface area contributed by atoms with Crippen LogP contribution < -0.4 is 9.47 Å². The molecule has 0 radical (unpaired) electrons. The van der Waals surface area contributed by atoms with Crippen LogP contribution in [-0.4, -0.2) is 23.1 Å². The summed E-state index contributed by atoms with van der Waals surface area (Å²) in [5, 5.41) is 19.5. The summed E-state index contributed by atoms with van der Waals surface area (Å²) in [6.07, 6.45) is 0. The Balaban J connectivity index is 2.26. The van der Waals surface area contributed by atoms with Gasteiger partial charge in [-0.3, -0.25) is 10.1 Å². The van der Waals surface area contributed by atoms with Crippen LogP contribution in [0.3, 0.4) is 0 Å². The zero-order valence-electron chi connectivity index (χ0n) is 11.0. The number of nitrogens with zero attached hydrogens (tertiary/aromatic N) is 1. The highest BCUT2D eigenvalue weighted by Crippen LogP contribution is 2.32. The van der Waals surface area contributed by atoms with E-state index in [2.05, 4.69) is 0 Å². The fourth-order valence-electron chi connectivity index (χ4n) is 1.65. The van der Waals surface area contributed by atoms with E-state index in [9.17, 15) is 14.9 Å². The Morgan fingerprint density at radius 2 is 1.81 bits per heavy atom. The zero-order valence-corrected chi connectivity index (χ0v) is 11.0. The molecule has 0 aliphatic heterocycles. The first-order valence-electron chi connectivity index (χ1n) is 5.85. The van der Waals surface area contributed by atoms with Crippen LogP contribution in [0.15, 0.2) is 42.5 Å². The molecule has 0 saturated heterocycles. The van der Waals surface area contributed by atoms with Crippen molar-refractivity contribution in [1.29, 1.82) is 0 Å². The monoisotopic (exact) mass is 289 g/mol. The lowest BCUT2D eigenvalue weighted by atomic mass is 10.2. The minimum atomic E-state index is -1.07. The van der Waals surface area contributed by atoms with Gasteiger partial charge in [0.15, 0.2) is 11.5 Å². The molecule has 0 bridgehead atoms. The summed E-state index contributed by atoms with van der Waals surface area (Å²) in [7, 11) is 1.39. The van der Waals surface area contributed by atoms with E-state index in [1.807, 2.05) is 0 Å². The standard InChI is InChI=1S/C14H11NO6/c1-20-13-8-9(14(16)17)2-7-12(13)21-11-5-3-10(4-6-11)15(18)19/h2-8H,1H3,(H,16,17). The number of carbonyl (C=O) groups is 1. The molecule has 7 nitrogen and oxygen atoms in total. The van der Waals surface area contributed by atoms with Gasteiger partial charge in [-0.05, 0) is 30.3 Å². The van der Waals surface area contributed by atoms with E-state index in [4.69, 9.17) is 14.6 Å². The number of hydrogen-bond donors (Lipinski definition) is 1. The molecule has 0 aliphatic rings. The third-order valence-corrected chi connectivity index (χ3v) is 2.69. The number of methoxy groups -OCH3 is 1. The van der Waals surface area contributed by atoms with Crippen molar-refractivity contribution >= 4 is 11.7 Å². The number of nitro groups is 1. The van der Waals surface area contributed by atoms with E-state index in [0.29, 0.717) is 11.5 Å². The molecule has 0 amide bonds. The molecule has 2 aromatic carbocycles. The first kappa shape index (κ1) is 14.3. The molecule has 0 saturated carbocycles. The lowest BCUT2D eigenvalue weighted by Crippen LogP contribution is -1.98. The SMILES string of the molecule is COc1cc(C(=O)O)ccc1Oc1ccc([N+](=O)[O-])cc1. The highest BCUT2D eigenvalue weighted by Gasteiger charge is 2.11. The summed E-state index contributed by atoms with van der Waals surface area (Å²) in [4.78, 5) is 20.9. The van der Waals surface area contributed by atoms with Gasteiger partial charge < -0.3 is 14.6 Å². The van der Waals surface area contributed by atoms with Crippen molar-refractivity contribution in [2.75, 3.05) is 7.11 Å². The topological polar surface area (TPSA) is 98.9 Å². The quantitative estimate of drug-likeness (QED) is 0.670. The van der Waals surface area contributed by atoms with E-state index >= 15 is 0 Å². The van der Waals surface area contributed by atoms with E-state index in [0.717, 1.165) is 0 Å². The number of hydrogen-bond acceptors (Lipinski definition) is 5. The highest BCUT2D eigenvalue weighted by molar-refractivity contribution is 5.88. The van der Waals surface area contributed by atoms with E-state index in [1.165, 1.54) is 49.6 Å². The van der Waals surface area contributed by atoms with Gasteiger partial charge in [-0.15, -0.1) is 0 Å². The largest absolute Gasteiger partial charge is 0.493 e. The zero-order chi connectivity index (χ0) is 15.4. The summed E-state index contributed by atoms with van der Waals surface area (Å²) >= 11 is 0. The number of ether oxygens (including phenoxy) is 2. The van der Waals surface area contributed by atoms with Crippen molar-refractivity contribution in [2.45, 2.75) is 0 Å². The van der Waals surface area contributed by atoms with Crippen LogP contribution in [-0.2, 0) is 0 Å². The molecular weight excluding hydrogens is 278 g/mol. The van der Waals surface area contributed by atoms with Crippen LogP contribution in [0.4, 0.5) is 5.69 Å². The smallest absolute Gasteiger partial charge is 0.335 e. The van der Waals surface area contributed by atoms with Gasteiger partial charge in [0.1, 0.15) is 5.75 Å². The predicted octanol–water partition coefficient (Wildman–Crippen LogP) is 3.09. The first-order valence-corrected chi connectivity index (χ1v) is 5.85. The van der Waals surface area contributed by atoms with Crippen LogP contribution in [0, 0.1) is 10.1 Å². The second-order valence-electron chi connectivity index (χ2n) is 4.02. The molecule has 0 fully saturated rings. The van der Waals surface area contributed by atoms with Gasteiger partial charge in [0.2, 0.25) is 0 Å². The van der Waals surface area contributed by atoms with Crippen LogP contribution in [0.1, 0.15) is 10.4 Å². The molecule has 0 spiro atoms. The number of carboxylic acid groups (broad SMARTS) is 1. The normalized spacial score (nSPS) is 9.95. The van der Waals surface area contributed by atoms with E-state index in [1.54, 1.807) is 0 Å². The number of nitro benzene ring substituents is 1. The van der Waals surface area contributed by atoms with Crippen LogP contribution in [0.25, 0.3) is 0 Å². The summed E-state index contributed by atoms with van der Waals surface area (Å²) in [6.45, 7) is 0. The lowest BCUT2D eigenvalue weighted by Gasteiger charge is -2.10. The first-order chi connectivity index (χ1) is 10.0. The second kappa shape index (κ2) is 5.91. The number of rotatable bonds is 5. The Morgan fingerprint density at radius 1 is 1.14 bits per heavy atom. The number of non-ortho nitro benzene ring substituents is 1. The summed E-state index contributed by atoms with van der Waals surface area (Å²) in [6, 6.07) is 9.70. The van der Waals surface area contributed by atoms with Gasteiger partial charge in [-0.2, -0.15) is 0 Å². The number of benzene rings is 2. The molecule has 2 rings (SSSR count). The van der Waals surface area contributed by atoms with Crippen LogP contribution in [0.5, 0.6) is 17.2 Å². The summed E-state index contributed by atoms with van der Waals surface area (Å²) in [5.74, 6) is -0.123. The van der Waals surface area contributed by atoms with Gasteiger partial charge in [0.25, 0.3) is 5.69 Å². The molecule has 0 aromatic heterocycles. The summed E-state index contributed by atoms with van der Waals surface area (Å²) in [5.41, 5.74) is 0.0263. The van der Waals surface area contributed by atoms with Gasteiger partial charge in [-0.25, -0.2) is 4.79 Å². The maximum Gasteiger partial charge on any atom is 0.335 e. The minimum Gasteiger partial charge on any atom is -0.493 e. The van der Waals surface area contributed by atoms with E-state index < -0.39 is 10.9 Å². The predicted molar refractivity (Wildman–Crippen MR) is 73.1 cm³/mol. The maximum atomic E-state index is 10.9. The Hall–Kier alpha value is -3.09. The van der Waals surface area contributed by atoms with Crippen molar-refractivity contribution < 1.29 is 24.3 Å². The molecule has 0 aliphatic carbocycles. The Morgan fingerprint density at radius 3 is 2.33 bits per heavy atom. The van der Waals surface area contributed by atoms with Crippen molar-refractivity contribution in [3.05, 3.63) is 58.1 Å². The van der Waals surface area contributed by atoms with Crippen molar-refractivity contribution in [2.24, 2.45) is 0 Å². The molecule has 0 unspecified atom stereocenters. The number of aromatic carboxylic acids is 1. The van der Waals surface area contributed by atoms with Gasteiger partial charge in [-0.1, -0.05) is 0 Å². The molecule has 0 atom stereocenters. The molecule has 108 valence electrons. The molecular formula is C14H11NO6. The molecule has 2 aromatic rings. The molecule has 0 heterocycles. The highest BCUT2D eigenvalue weighted by atomic mass is 16.6. The van der Waals surface area contributed by atoms with Crippen molar-refractivity contribution in [1.82, 2.24) is 0 Å². The maximum absolute atomic E-state index is 10.9. The molecule has 1 N–H and O–H groups in total. The fraction of sp³-hybridized carbons (Fsp3) is 0.0714. The second-order valence-corrected chi connectivity index (χ2v) is 4.02. The Bertz CT molecular complexity index is 680. The third-order valence-electron chi connectivity index (χ3n) is 2.69. The van der Waals surface area contributed by atoms with Crippen molar-refractivity contribution in [3.8, 4) is 17.2 Å². The van der Waals surface area contributed by atoms with Crippen LogP contribution in [0.2, 0.25) is 0 Å². The van der Waals surface area contributed by atoms with Crippen molar-refractivity contribution in [3.63, 3.8) is 0 Å². The van der Waals surface area contributed by atoms with Gasteiger partial charge in [0, 0.05) is 12.1 Å². The average Bonchev–Trinajstić information content (AvgIpc) is 2.48. The fourth-order valence-corrected chi connectivity index (χ4v) is 1.65. The van der Waals surface area contributed by atoms with E-state index in [-0.39, 0.29) is 17.0 Å². The molecule has 21 heavy (non-hydrogen) atoms.